The smallest absolute Gasteiger partial charge is 0.114 e. The fourth-order valence-electron chi connectivity index (χ4n) is 0. The molecule has 0 amide bonds. The van der Waals surface area contributed by atoms with Crippen LogP contribution in [0.15, 0.2) is 4.63 Å². The first kappa shape index (κ1) is 5.02. The summed E-state index contributed by atoms with van der Waals surface area (Å²) in [5.41, 5.74) is 0. The van der Waals surface area contributed by atoms with Crippen LogP contribution in [-0.4, -0.2) is 15.6 Å². The van der Waals surface area contributed by atoms with Gasteiger partial charge in [0, 0.05) is 7.05 Å². The molecule has 0 saturated heterocycles. The van der Waals surface area contributed by atoms with Crippen LogP contribution in [0.4, 0.5) is 0 Å². The molecule has 0 radical (unpaired) electrons. The van der Waals surface area contributed by atoms with Crippen LogP contribution in [0.2, 0.25) is 13.1 Å². The van der Waals surface area contributed by atoms with E-state index in [1.165, 1.54) is 0 Å². The van der Waals surface area contributed by atoms with E-state index >= 15 is 0 Å². The van der Waals surface area contributed by atoms with Gasteiger partial charge in [-0.25, -0.2) is 0 Å². The Morgan fingerprint density at radius 1 is 1.40 bits per heavy atom. The van der Waals surface area contributed by atoms with Gasteiger partial charge < -0.3 is 4.63 Å². The largest absolute Gasteiger partial charge is 0.341 e. The van der Waals surface area contributed by atoms with Crippen LogP contribution in [0.25, 0.3) is 0 Å². The van der Waals surface area contributed by atoms with E-state index in [2.05, 4.69) is 17.7 Å². The highest BCUT2D eigenvalue weighted by Crippen LogP contribution is 1.62. The zero-order valence-electron chi connectivity index (χ0n) is 3.95. The van der Waals surface area contributed by atoms with E-state index in [0.717, 1.165) is 0 Å². The van der Waals surface area contributed by atoms with Crippen LogP contribution < -0.4 is 0 Å². The summed E-state index contributed by atoms with van der Waals surface area (Å²) in [6.45, 7) is 4.31. The Morgan fingerprint density at radius 2 is 1.60 bits per heavy atom. The minimum absolute atomic E-state index is 0.249. The minimum atomic E-state index is -0.249. The summed E-state index contributed by atoms with van der Waals surface area (Å²) in [6, 6.07) is 0. The summed E-state index contributed by atoms with van der Waals surface area (Å²) >= 11 is 0. The highest BCUT2D eigenvalue weighted by Gasteiger charge is 1.66. The maximum Gasteiger partial charge on any atom is 0.114 e. The molecule has 0 aromatic rings. The van der Waals surface area contributed by atoms with Crippen molar-refractivity contribution in [2.75, 3.05) is 7.05 Å². The summed E-state index contributed by atoms with van der Waals surface area (Å²) in [4.78, 5) is 0. The van der Waals surface area contributed by atoms with Gasteiger partial charge in [-0.1, -0.05) is 0 Å². The van der Waals surface area contributed by atoms with Crippen molar-refractivity contribution >= 4 is 8.59 Å². The third-order valence-electron chi connectivity index (χ3n) is 0.447. The van der Waals surface area contributed by atoms with Crippen LogP contribution in [0, 0.1) is 0 Å². The summed E-state index contributed by atoms with van der Waals surface area (Å²) in [5.74, 6) is 0. The van der Waals surface area contributed by atoms with Crippen molar-refractivity contribution in [3.63, 3.8) is 0 Å². The molecule has 2 heteroatoms. The van der Waals surface area contributed by atoms with E-state index in [-0.39, 0.29) is 8.59 Å². The maximum atomic E-state index is 3.99. The van der Waals surface area contributed by atoms with Gasteiger partial charge in [0.2, 0.25) is 0 Å². The Kier molecular flexibility index (Phi) is 2.27. The standard InChI is InChI=1S/C3H9NSi/c1-4-5(2)3/h1-3H3. The van der Waals surface area contributed by atoms with Crippen LogP contribution >= 0.6 is 0 Å². The van der Waals surface area contributed by atoms with Crippen molar-refractivity contribution in [2.45, 2.75) is 13.1 Å². The molecular formula is C3H9NSi. The Bertz CT molecular complexity index is 44.9. The monoisotopic (exact) mass is 87.1 g/mol. The predicted molar refractivity (Wildman–Crippen MR) is 25.8 cm³/mol. The molecule has 0 spiro atoms. The summed E-state index contributed by atoms with van der Waals surface area (Å²) in [5, 5.41) is 0. The van der Waals surface area contributed by atoms with Gasteiger partial charge in [0.1, 0.15) is 8.59 Å². The lowest BCUT2D eigenvalue weighted by Crippen LogP contribution is -1.77. The van der Waals surface area contributed by atoms with Crippen LogP contribution in [0.5, 0.6) is 0 Å². The molecule has 0 saturated carbocycles. The van der Waals surface area contributed by atoms with E-state index < -0.39 is 0 Å². The van der Waals surface area contributed by atoms with Crippen LogP contribution in [0.3, 0.4) is 0 Å². The van der Waals surface area contributed by atoms with E-state index in [0.29, 0.717) is 0 Å². The van der Waals surface area contributed by atoms with Crippen molar-refractivity contribution in [3.8, 4) is 0 Å². The molecule has 30 valence electrons. The second-order valence-electron chi connectivity index (χ2n) is 1.17. The molecule has 0 N–H and O–H groups in total. The lowest BCUT2D eigenvalue weighted by Gasteiger charge is -1.71. The van der Waals surface area contributed by atoms with Crippen molar-refractivity contribution in [2.24, 2.45) is 4.63 Å². The van der Waals surface area contributed by atoms with E-state index in [1.807, 2.05) is 7.05 Å². The van der Waals surface area contributed by atoms with Crippen LogP contribution in [0.1, 0.15) is 0 Å². The van der Waals surface area contributed by atoms with E-state index in [9.17, 15) is 0 Å². The molecule has 0 aromatic heterocycles. The third kappa shape index (κ3) is 4.02. The minimum Gasteiger partial charge on any atom is -0.341 e. The molecule has 0 aliphatic heterocycles. The Morgan fingerprint density at radius 3 is 1.60 bits per heavy atom. The normalized spacial score (nSPS) is 7.00. The molecule has 0 fully saturated rings. The Balaban J connectivity index is 3.14. The highest BCUT2D eigenvalue weighted by atomic mass is 28.2. The fraction of sp³-hybridized carbons (Fsp3) is 1.00. The SMILES string of the molecule is CN=[Si](C)C. The van der Waals surface area contributed by atoms with Crippen molar-refractivity contribution in [3.05, 3.63) is 0 Å². The lowest BCUT2D eigenvalue weighted by atomic mass is 11.6. The molecule has 0 heterocycles. The Hall–Kier alpha value is 0.0169. The predicted octanol–water partition coefficient (Wildman–Crippen LogP) is 1.14. The van der Waals surface area contributed by atoms with Gasteiger partial charge in [0.15, 0.2) is 0 Å². The quantitative estimate of drug-likeness (QED) is 0.393. The molecule has 0 aliphatic rings. The zero-order valence-corrected chi connectivity index (χ0v) is 4.95. The number of nitrogens with zero attached hydrogens (tertiary/aromatic N) is 1. The van der Waals surface area contributed by atoms with Gasteiger partial charge in [0.05, 0.1) is 0 Å². The molecule has 0 aromatic carbocycles. The fourth-order valence-corrected chi connectivity index (χ4v) is 0. The van der Waals surface area contributed by atoms with Crippen molar-refractivity contribution < 1.29 is 0 Å². The first-order chi connectivity index (χ1) is 2.27. The molecule has 0 aliphatic carbocycles. The van der Waals surface area contributed by atoms with Gasteiger partial charge in [-0.3, -0.25) is 0 Å². The van der Waals surface area contributed by atoms with Gasteiger partial charge in [0.25, 0.3) is 0 Å². The Labute approximate surface area is 34.4 Å². The second kappa shape index (κ2) is 2.27. The highest BCUT2D eigenvalue weighted by molar-refractivity contribution is 6.42. The van der Waals surface area contributed by atoms with Gasteiger partial charge in [-0.15, -0.1) is 0 Å². The first-order valence-corrected chi connectivity index (χ1v) is 4.12. The summed E-state index contributed by atoms with van der Waals surface area (Å²) in [7, 11) is 1.62. The average molecular weight is 87.2 g/mol. The molecule has 0 bridgehead atoms. The van der Waals surface area contributed by atoms with Crippen molar-refractivity contribution in [1.29, 1.82) is 0 Å². The van der Waals surface area contributed by atoms with Gasteiger partial charge in [-0.05, 0) is 13.1 Å². The molecule has 0 atom stereocenters. The summed E-state index contributed by atoms with van der Waals surface area (Å²) in [6.07, 6.45) is 0. The average Bonchev–Trinajstić information content (AvgIpc) is 1.38. The maximum absolute atomic E-state index is 3.99. The van der Waals surface area contributed by atoms with Crippen LogP contribution in [-0.2, 0) is 0 Å². The number of rotatable bonds is 0. The number of hydrogen-bond acceptors (Lipinski definition) is 1. The topological polar surface area (TPSA) is 12.4 Å². The third-order valence-corrected chi connectivity index (χ3v) is 1.34. The van der Waals surface area contributed by atoms with E-state index in [1.54, 1.807) is 0 Å². The summed E-state index contributed by atoms with van der Waals surface area (Å²) < 4.78 is 3.99. The molecular weight excluding hydrogens is 78.1 g/mol. The zero-order chi connectivity index (χ0) is 4.28. The lowest BCUT2D eigenvalue weighted by molar-refractivity contribution is 1.46. The number of hydrogen-bond donors (Lipinski definition) is 0. The molecule has 1 nitrogen and oxygen atoms in total. The molecule has 5 heavy (non-hydrogen) atoms. The molecule has 0 unspecified atom stereocenters. The van der Waals surface area contributed by atoms with E-state index in [4.69, 9.17) is 0 Å². The first-order valence-electron chi connectivity index (χ1n) is 1.67. The molecule has 0 rings (SSSR count). The van der Waals surface area contributed by atoms with Gasteiger partial charge in [-0.2, -0.15) is 0 Å². The second-order valence-corrected chi connectivity index (χ2v) is 3.51. The van der Waals surface area contributed by atoms with Gasteiger partial charge >= 0.3 is 0 Å². The van der Waals surface area contributed by atoms with Crippen molar-refractivity contribution in [1.82, 2.24) is 0 Å².